The van der Waals surface area contributed by atoms with Gasteiger partial charge < -0.3 is 4.57 Å². The maximum atomic E-state index is 3.11. The SMILES string of the molecule is Cn1c2c[c]ccc2c2cc[c]cc21. The van der Waals surface area contributed by atoms with Gasteiger partial charge in [0.05, 0.1) is 0 Å². The molecule has 0 aliphatic heterocycles. The van der Waals surface area contributed by atoms with Crippen LogP contribution in [0.15, 0.2) is 36.4 Å². The van der Waals surface area contributed by atoms with Gasteiger partial charge in [-0.1, -0.05) is 24.3 Å². The van der Waals surface area contributed by atoms with Gasteiger partial charge in [0, 0.05) is 28.9 Å². The van der Waals surface area contributed by atoms with Crippen LogP contribution in [0.5, 0.6) is 0 Å². The van der Waals surface area contributed by atoms with Crippen LogP contribution in [-0.2, 0) is 7.05 Å². The predicted octanol–water partition coefficient (Wildman–Crippen LogP) is 2.93. The highest BCUT2D eigenvalue weighted by molar-refractivity contribution is 6.07. The van der Waals surface area contributed by atoms with Gasteiger partial charge in [-0.05, 0) is 24.3 Å². The molecule has 3 rings (SSSR count). The molecule has 0 unspecified atom stereocenters. The summed E-state index contributed by atoms with van der Waals surface area (Å²) >= 11 is 0. The van der Waals surface area contributed by atoms with Gasteiger partial charge in [0.1, 0.15) is 0 Å². The quantitative estimate of drug-likeness (QED) is 0.500. The lowest BCUT2D eigenvalue weighted by Gasteiger charge is -1.95. The average Bonchev–Trinajstić information content (AvgIpc) is 2.55. The zero-order chi connectivity index (χ0) is 9.54. The maximum Gasteiger partial charge on any atom is 0.0494 e. The molecular weight excluding hydrogens is 170 g/mol. The molecule has 1 heterocycles. The number of nitrogens with zero attached hydrogens (tertiary/aromatic N) is 1. The first-order chi connectivity index (χ1) is 6.88. The molecule has 1 aromatic heterocycles. The molecule has 0 fully saturated rings. The van der Waals surface area contributed by atoms with Crippen molar-refractivity contribution in [2.75, 3.05) is 0 Å². The normalized spacial score (nSPS) is 11.2. The summed E-state index contributed by atoms with van der Waals surface area (Å²) in [4.78, 5) is 0. The Morgan fingerprint density at radius 1 is 0.929 bits per heavy atom. The van der Waals surface area contributed by atoms with Gasteiger partial charge in [0.15, 0.2) is 0 Å². The van der Waals surface area contributed by atoms with Crippen LogP contribution < -0.4 is 0 Å². The number of benzene rings is 2. The Bertz CT molecular complexity index is 551. The Balaban J connectivity index is 2.69. The van der Waals surface area contributed by atoms with E-state index < -0.39 is 0 Å². The van der Waals surface area contributed by atoms with E-state index in [2.05, 4.69) is 35.9 Å². The van der Waals surface area contributed by atoms with E-state index >= 15 is 0 Å². The van der Waals surface area contributed by atoms with Crippen molar-refractivity contribution in [2.24, 2.45) is 7.05 Å². The van der Waals surface area contributed by atoms with Crippen LogP contribution in [0.25, 0.3) is 21.8 Å². The van der Waals surface area contributed by atoms with Crippen LogP contribution in [0, 0.1) is 12.1 Å². The third kappa shape index (κ3) is 0.841. The van der Waals surface area contributed by atoms with E-state index in [1.165, 1.54) is 21.8 Å². The molecule has 14 heavy (non-hydrogen) atoms. The average molecular weight is 179 g/mol. The van der Waals surface area contributed by atoms with E-state index in [0.717, 1.165) is 0 Å². The van der Waals surface area contributed by atoms with Crippen molar-refractivity contribution in [1.82, 2.24) is 4.57 Å². The number of hydrogen-bond donors (Lipinski definition) is 0. The molecule has 0 bridgehead atoms. The zero-order valence-electron chi connectivity index (χ0n) is 7.91. The molecular formula is C13H9N. The standard InChI is InChI=1S/C13H9N/c1-14-12-8-4-2-6-10(12)11-7-3-5-9-13(11)14/h2-3,6-9H,1H3. The summed E-state index contributed by atoms with van der Waals surface area (Å²) in [5.41, 5.74) is 2.45. The summed E-state index contributed by atoms with van der Waals surface area (Å²) in [6.45, 7) is 0. The van der Waals surface area contributed by atoms with Crippen LogP contribution in [0.1, 0.15) is 0 Å². The molecule has 3 aromatic rings. The second kappa shape index (κ2) is 2.61. The second-order valence-electron chi connectivity index (χ2n) is 3.45. The lowest BCUT2D eigenvalue weighted by molar-refractivity contribution is 1.01. The third-order valence-electron chi connectivity index (χ3n) is 2.70. The van der Waals surface area contributed by atoms with E-state index in [4.69, 9.17) is 0 Å². The number of aryl methyl sites for hydroxylation is 1. The van der Waals surface area contributed by atoms with Crippen LogP contribution in [0.3, 0.4) is 0 Å². The van der Waals surface area contributed by atoms with E-state index in [-0.39, 0.29) is 0 Å². The second-order valence-corrected chi connectivity index (χ2v) is 3.45. The van der Waals surface area contributed by atoms with Crippen molar-refractivity contribution in [2.45, 2.75) is 0 Å². The molecule has 0 N–H and O–H groups in total. The molecule has 0 amide bonds. The molecule has 2 radical (unpaired) electrons. The first-order valence-electron chi connectivity index (χ1n) is 4.62. The fourth-order valence-electron chi connectivity index (χ4n) is 1.98. The number of fused-ring (bicyclic) bond motifs is 3. The highest BCUT2D eigenvalue weighted by Crippen LogP contribution is 2.26. The Hall–Kier alpha value is -1.76. The summed E-state index contributed by atoms with van der Waals surface area (Å²) in [5.74, 6) is 0. The Labute approximate surface area is 82.6 Å². The van der Waals surface area contributed by atoms with E-state index in [1.54, 1.807) is 0 Å². The predicted molar refractivity (Wildman–Crippen MR) is 58.1 cm³/mol. The number of rotatable bonds is 0. The number of aromatic nitrogens is 1. The van der Waals surface area contributed by atoms with Gasteiger partial charge in [-0.2, -0.15) is 0 Å². The van der Waals surface area contributed by atoms with Crippen LogP contribution in [-0.4, -0.2) is 4.57 Å². The van der Waals surface area contributed by atoms with Gasteiger partial charge in [-0.3, -0.25) is 0 Å². The summed E-state index contributed by atoms with van der Waals surface area (Å²) < 4.78 is 2.18. The van der Waals surface area contributed by atoms with Crippen molar-refractivity contribution in [3.8, 4) is 0 Å². The van der Waals surface area contributed by atoms with Crippen molar-refractivity contribution >= 4 is 21.8 Å². The van der Waals surface area contributed by atoms with Crippen molar-refractivity contribution in [3.05, 3.63) is 48.5 Å². The van der Waals surface area contributed by atoms with Gasteiger partial charge in [-0.15, -0.1) is 0 Å². The maximum absolute atomic E-state index is 3.11. The minimum absolute atomic E-state index is 1.22. The van der Waals surface area contributed by atoms with Crippen molar-refractivity contribution in [3.63, 3.8) is 0 Å². The molecule has 0 atom stereocenters. The van der Waals surface area contributed by atoms with E-state index in [0.29, 0.717) is 0 Å². The van der Waals surface area contributed by atoms with Crippen LogP contribution in [0.4, 0.5) is 0 Å². The highest BCUT2D eigenvalue weighted by Gasteiger charge is 2.05. The molecule has 1 nitrogen and oxygen atoms in total. The minimum atomic E-state index is 1.22. The zero-order valence-corrected chi connectivity index (χ0v) is 7.91. The first kappa shape index (κ1) is 7.63. The fraction of sp³-hybridized carbons (Fsp3) is 0.0769. The molecule has 0 saturated carbocycles. The summed E-state index contributed by atoms with van der Waals surface area (Å²) in [7, 11) is 2.08. The van der Waals surface area contributed by atoms with Crippen molar-refractivity contribution < 1.29 is 0 Å². The monoisotopic (exact) mass is 179 g/mol. The van der Waals surface area contributed by atoms with E-state index in [9.17, 15) is 0 Å². The highest BCUT2D eigenvalue weighted by atomic mass is 14.9. The molecule has 1 heteroatoms. The summed E-state index contributed by atoms with van der Waals surface area (Å²) in [6.07, 6.45) is 0. The lowest BCUT2D eigenvalue weighted by atomic mass is 10.2. The fourth-order valence-corrected chi connectivity index (χ4v) is 1.98. The van der Waals surface area contributed by atoms with Crippen LogP contribution in [0.2, 0.25) is 0 Å². The third-order valence-corrected chi connectivity index (χ3v) is 2.70. The Kier molecular flexibility index (Phi) is 1.42. The van der Waals surface area contributed by atoms with Gasteiger partial charge >= 0.3 is 0 Å². The van der Waals surface area contributed by atoms with Crippen LogP contribution >= 0.6 is 0 Å². The molecule has 2 aromatic carbocycles. The Morgan fingerprint density at radius 2 is 1.43 bits per heavy atom. The molecule has 66 valence electrons. The van der Waals surface area contributed by atoms with Gasteiger partial charge in [0.25, 0.3) is 0 Å². The molecule has 0 saturated heterocycles. The lowest BCUT2D eigenvalue weighted by Crippen LogP contribution is -1.85. The largest absolute Gasteiger partial charge is 0.344 e. The topological polar surface area (TPSA) is 4.93 Å². The molecule has 0 aliphatic rings. The van der Waals surface area contributed by atoms with E-state index in [1.807, 2.05) is 24.3 Å². The van der Waals surface area contributed by atoms with Gasteiger partial charge in [-0.25, -0.2) is 0 Å². The Morgan fingerprint density at radius 3 is 1.93 bits per heavy atom. The number of hydrogen-bond acceptors (Lipinski definition) is 0. The molecule has 0 spiro atoms. The van der Waals surface area contributed by atoms with Gasteiger partial charge in [0.2, 0.25) is 0 Å². The summed E-state index contributed by atoms with van der Waals surface area (Å²) in [5, 5.41) is 2.57. The minimum Gasteiger partial charge on any atom is -0.344 e. The molecule has 0 aliphatic carbocycles. The van der Waals surface area contributed by atoms with Crippen molar-refractivity contribution in [1.29, 1.82) is 0 Å². The smallest absolute Gasteiger partial charge is 0.0494 e. The first-order valence-corrected chi connectivity index (χ1v) is 4.62. The summed E-state index contributed by atoms with van der Waals surface area (Å²) in [6, 6.07) is 18.4.